The van der Waals surface area contributed by atoms with Crippen LogP contribution in [0.4, 0.5) is 0 Å². The Bertz CT molecular complexity index is 686. The van der Waals surface area contributed by atoms with Gasteiger partial charge in [0.15, 0.2) is 0 Å². The topological polar surface area (TPSA) is 29.1 Å². The summed E-state index contributed by atoms with van der Waals surface area (Å²) in [7, 11) is 0. The average molecular weight is 320 g/mol. The van der Waals surface area contributed by atoms with E-state index in [4.69, 9.17) is 23.2 Å². The highest BCUT2D eigenvalue weighted by molar-refractivity contribution is 6.33. The van der Waals surface area contributed by atoms with Crippen LogP contribution in [-0.4, -0.2) is 5.91 Å². The Balaban J connectivity index is 2.13. The first-order valence-corrected chi connectivity index (χ1v) is 7.56. The molecule has 0 aliphatic carbocycles. The second-order valence-electron chi connectivity index (χ2n) is 5.63. The van der Waals surface area contributed by atoms with Crippen LogP contribution in [0.2, 0.25) is 10.0 Å². The van der Waals surface area contributed by atoms with Gasteiger partial charge in [0.05, 0.1) is 6.04 Å². The third kappa shape index (κ3) is 2.54. The van der Waals surface area contributed by atoms with Gasteiger partial charge >= 0.3 is 0 Å². The predicted molar refractivity (Wildman–Crippen MR) is 85.8 cm³/mol. The van der Waals surface area contributed by atoms with E-state index in [1.165, 1.54) is 0 Å². The zero-order valence-electron chi connectivity index (χ0n) is 11.6. The number of halogens is 2. The lowest BCUT2D eigenvalue weighted by atomic mass is 9.73. The molecule has 1 aliphatic heterocycles. The molecule has 1 saturated heterocycles. The standard InChI is InChI=1S/C17H15Cl2NO/c1-17(13-9-12(18)7-8-14(13)19)10-15(21)20-16(17)11-5-3-2-4-6-11/h2-9,16H,10H2,1H3,(H,20,21). The maximum atomic E-state index is 12.0. The molecule has 0 radical (unpaired) electrons. The molecule has 1 fully saturated rings. The van der Waals surface area contributed by atoms with Gasteiger partial charge in [-0.3, -0.25) is 4.79 Å². The van der Waals surface area contributed by atoms with Crippen LogP contribution in [0, 0.1) is 0 Å². The van der Waals surface area contributed by atoms with Crippen molar-refractivity contribution >= 4 is 29.1 Å². The second kappa shape index (κ2) is 5.36. The van der Waals surface area contributed by atoms with E-state index in [0.717, 1.165) is 11.1 Å². The van der Waals surface area contributed by atoms with Gasteiger partial charge in [-0.05, 0) is 29.3 Å². The number of hydrogen-bond donors (Lipinski definition) is 1. The molecular formula is C17H15Cl2NO. The lowest BCUT2D eigenvalue weighted by Crippen LogP contribution is -2.30. The van der Waals surface area contributed by atoms with E-state index in [-0.39, 0.29) is 11.9 Å². The quantitative estimate of drug-likeness (QED) is 0.866. The van der Waals surface area contributed by atoms with Gasteiger partial charge in [0.1, 0.15) is 0 Å². The zero-order chi connectivity index (χ0) is 15.0. The van der Waals surface area contributed by atoms with Crippen LogP contribution >= 0.6 is 23.2 Å². The molecule has 1 aliphatic rings. The minimum atomic E-state index is -0.416. The van der Waals surface area contributed by atoms with E-state index in [9.17, 15) is 4.79 Å². The van der Waals surface area contributed by atoms with Crippen molar-refractivity contribution in [3.05, 3.63) is 69.7 Å². The first kappa shape index (κ1) is 14.4. The Morgan fingerprint density at radius 1 is 1.14 bits per heavy atom. The van der Waals surface area contributed by atoms with Crippen molar-refractivity contribution in [3.8, 4) is 0 Å². The second-order valence-corrected chi connectivity index (χ2v) is 6.47. The van der Waals surface area contributed by atoms with Crippen LogP contribution in [0.15, 0.2) is 48.5 Å². The molecule has 108 valence electrons. The van der Waals surface area contributed by atoms with E-state index in [1.54, 1.807) is 12.1 Å². The van der Waals surface area contributed by atoms with Gasteiger partial charge in [-0.15, -0.1) is 0 Å². The fourth-order valence-corrected chi connectivity index (χ4v) is 3.59. The van der Waals surface area contributed by atoms with Crippen LogP contribution in [0.3, 0.4) is 0 Å². The van der Waals surface area contributed by atoms with E-state index >= 15 is 0 Å². The summed E-state index contributed by atoms with van der Waals surface area (Å²) in [5, 5.41) is 4.33. The summed E-state index contributed by atoms with van der Waals surface area (Å²) in [5.74, 6) is 0.0300. The fraction of sp³-hybridized carbons (Fsp3) is 0.235. The lowest BCUT2D eigenvalue weighted by Gasteiger charge is -2.32. The van der Waals surface area contributed by atoms with Crippen molar-refractivity contribution < 1.29 is 4.79 Å². The van der Waals surface area contributed by atoms with Gasteiger partial charge < -0.3 is 5.32 Å². The van der Waals surface area contributed by atoms with Crippen molar-refractivity contribution in [2.75, 3.05) is 0 Å². The molecule has 1 amide bonds. The monoisotopic (exact) mass is 319 g/mol. The summed E-state index contributed by atoms with van der Waals surface area (Å²) >= 11 is 12.5. The highest BCUT2D eigenvalue weighted by Gasteiger charge is 2.46. The Morgan fingerprint density at radius 3 is 2.57 bits per heavy atom. The number of nitrogens with one attached hydrogen (secondary N) is 1. The minimum absolute atomic E-state index is 0.0300. The highest BCUT2D eigenvalue weighted by Crippen LogP contribution is 2.47. The SMILES string of the molecule is CC1(c2cc(Cl)ccc2Cl)CC(=O)NC1c1ccccc1. The van der Waals surface area contributed by atoms with Gasteiger partial charge in [0, 0.05) is 21.9 Å². The van der Waals surface area contributed by atoms with Gasteiger partial charge in [0.2, 0.25) is 5.91 Å². The summed E-state index contributed by atoms with van der Waals surface area (Å²) in [6.45, 7) is 2.06. The molecule has 0 saturated carbocycles. The molecule has 2 aromatic rings. The molecule has 21 heavy (non-hydrogen) atoms. The summed E-state index contributed by atoms with van der Waals surface area (Å²) in [6, 6.07) is 15.2. The van der Waals surface area contributed by atoms with Gasteiger partial charge in [-0.2, -0.15) is 0 Å². The molecule has 0 spiro atoms. The Morgan fingerprint density at radius 2 is 1.86 bits per heavy atom. The van der Waals surface area contributed by atoms with E-state index in [1.807, 2.05) is 36.4 Å². The molecule has 3 rings (SSSR count). The third-order valence-electron chi connectivity index (χ3n) is 4.15. The number of carbonyl (C=O) groups excluding carboxylic acids is 1. The number of benzene rings is 2. The minimum Gasteiger partial charge on any atom is -0.348 e. The largest absolute Gasteiger partial charge is 0.348 e. The maximum Gasteiger partial charge on any atom is 0.221 e. The van der Waals surface area contributed by atoms with E-state index in [2.05, 4.69) is 12.2 Å². The van der Waals surface area contributed by atoms with Gasteiger partial charge in [-0.25, -0.2) is 0 Å². The molecule has 2 aromatic carbocycles. The molecule has 2 atom stereocenters. The summed E-state index contributed by atoms with van der Waals surface area (Å²) < 4.78 is 0. The number of amides is 1. The van der Waals surface area contributed by atoms with Crippen LogP contribution in [0.1, 0.15) is 30.5 Å². The summed E-state index contributed by atoms with van der Waals surface area (Å²) in [4.78, 5) is 12.0. The molecule has 2 unspecified atom stereocenters. The van der Waals surface area contributed by atoms with Crippen molar-refractivity contribution in [1.82, 2.24) is 5.32 Å². The Labute approximate surface area is 134 Å². The van der Waals surface area contributed by atoms with Crippen molar-refractivity contribution in [2.24, 2.45) is 0 Å². The van der Waals surface area contributed by atoms with Crippen LogP contribution in [-0.2, 0) is 10.2 Å². The predicted octanol–water partition coefficient (Wildman–Crippen LogP) is 4.51. The van der Waals surface area contributed by atoms with E-state index < -0.39 is 5.41 Å². The van der Waals surface area contributed by atoms with Crippen molar-refractivity contribution in [2.45, 2.75) is 24.8 Å². The summed E-state index contributed by atoms with van der Waals surface area (Å²) in [6.07, 6.45) is 0.395. The van der Waals surface area contributed by atoms with Crippen LogP contribution in [0.5, 0.6) is 0 Å². The van der Waals surface area contributed by atoms with Crippen LogP contribution < -0.4 is 5.32 Å². The van der Waals surface area contributed by atoms with E-state index in [0.29, 0.717) is 16.5 Å². The third-order valence-corrected chi connectivity index (χ3v) is 4.71. The highest BCUT2D eigenvalue weighted by atomic mass is 35.5. The van der Waals surface area contributed by atoms with Gasteiger partial charge in [0.25, 0.3) is 0 Å². The molecule has 1 heterocycles. The first-order valence-electron chi connectivity index (χ1n) is 6.80. The molecule has 0 aromatic heterocycles. The smallest absolute Gasteiger partial charge is 0.221 e. The maximum absolute atomic E-state index is 12.0. The number of hydrogen-bond acceptors (Lipinski definition) is 1. The van der Waals surface area contributed by atoms with Crippen molar-refractivity contribution in [1.29, 1.82) is 0 Å². The molecule has 4 heteroatoms. The van der Waals surface area contributed by atoms with Gasteiger partial charge in [-0.1, -0.05) is 60.5 Å². The average Bonchev–Trinajstić information content (AvgIpc) is 2.78. The fourth-order valence-electron chi connectivity index (χ4n) is 3.09. The van der Waals surface area contributed by atoms with Crippen molar-refractivity contribution in [3.63, 3.8) is 0 Å². The Hall–Kier alpha value is -1.51. The lowest BCUT2D eigenvalue weighted by molar-refractivity contribution is -0.119. The zero-order valence-corrected chi connectivity index (χ0v) is 13.1. The first-order chi connectivity index (χ1) is 10.0. The molecule has 0 bridgehead atoms. The number of carbonyl (C=O) groups is 1. The molecule has 1 N–H and O–H groups in total. The normalized spacial score (nSPS) is 24.9. The summed E-state index contributed by atoms with van der Waals surface area (Å²) in [5.41, 5.74) is 1.56. The molecular weight excluding hydrogens is 305 g/mol. The number of rotatable bonds is 2. The van der Waals surface area contributed by atoms with Crippen LogP contribution in [0.25, 0.3) is 0 Å². The molecule has 2 nitrogen and oxygen atoms in total. The Kier molecular flexibility index (Phi) is 3.68.